The Balaban J connectivity index is 1.60. The Bertz CT molecular complexity index is 959. The number of carbonyl (C=O) groups excluding carboxylic acids is 1. The molecule has 1 radical (unpaired) electrons. The Hall–Kier alpha value is -2.80. The van der Waals surface area contributed by atoms with Gasteiger partial charge in [0.25, 0.3) is 5.92 Å². The molecule has 127 valence electrons. The normalized spacial score (nSPS) is 16.7. The first-order valence-corrected chi connectivity index (χ1v) is 7.79. The van der Waals surface area contributed by atoms with E-state index in [1.807, 2.05) is 30.3 Å². The molecule has 0 unspecified atom stereocenters. The number of nitrogens with zero attached hydrogens (tertiary/aromatic N) is 3. The molecule has 25 heavy (non-hydrogen) atoms. The van der Waals surface area contributed by atoms with E-state index in [2.05, 4.69) is 11.1 Å². The fourth-order valence-electron chi connectivity index (χ4n) is 3.10. The van der Waals surface area contributed by atoms with Gasteiger partial charge in [0.1, 0.15) is 5.65 Å². The average molecular weight is 341 g/mol. The van der Waals surface area contributed by atoms with E-state index in [1.54, 1.807) is 11.1 Å². The van der Waals surface area contributed by atoms with Crippen molar-refractivity contribution in [2.24, 2.45) is 5.73 Å². The lowest BCUT2D eigenvalue weighted by Gasteiger charge is -2.38. The molecule has 5 nitrogen and oxygen atoms in total. The minimum absolute atomic E-state index is 0.194. The van der Waals surface area contributed by atoms with Crippen LogP contribution in [0.5, 0.6) is 0 Å². The first-order valence-electron chi connectivity index (χ1n) is 7.79. The van der Waals surface area contributed by atoms with Gasteiger partial charge in [-0.15, -0.1) is 0 Å². The zero-order chi connectivity index (χ0) is 17.6. The van der Waals surface area contributed by atoms with Crippen LogP contribution in [0.1, 0.15) is 5.56 Å². The van der Waals surface area contributed by atoms with Gasteiger partial charge < -0.3 is 5.73 Å². The minimum atomic E-state index is -2.56. The maximum atomic E-state index is 13.0. The van der Waals surface area contributed by atoms with Gasteiger partial charge in [-0.3, -0.25) is 9.47 Å². The standard InChI is InChI=1S/C18H15F2N4O/c19-18(20)10-23(11-18)9-12-2-1-3-13(6-12)15-7-14-4-5-24(17(21)25)16(14)22-8-15/h1-3,5-8H,9-11H2,(H2,21,25). The molecule has 0 saturated carbocycles. The fourth-order valence-corrected chi connectivity index (χ4v) is 3.10. The lowest BCUT2D eigenvalue weighted by atomic mass is 10.0. The predicted molar refractivity (Wildman–Crippen MR) is 89.2 cm³/mol. The monoisotopic (exact) mass is 341 g/mol. The number of primary amides is 1. The first kappa shape index (κ1) is 15.7. The van der Waals surface area contributed by atoms with Crippen LogP contribution in [-0.4, -0.2) is 39.5 Å². The number of rotatable bonds is 3. The van der Waals surface area contributed by atoms with Crippen LogP contribution in [0.15, 0.2) is 42.7 Å². The van der Waals surface area contributed by atoms with Crippen molar-refractivity contribution in [1.29, 1.82) is 0 Å². The van der Waals surface area contributed by atoms with Crippen LogP contribution in [0, 0.1) is 6.07 Å². The lowest BCUT2D eigenvalue weighted by Crippen LogP contribution is -2.55. The van der Waals surface area contributed by atoms with E-state index in [4.69, 9.17) is 5.73 Å². The number of likely N-dealkylation sites (tertiary alicyclic amines) is 1. The van der Waals surface area contributed by atoms with Crippen LogP contribution in [0.4, 0.5) is 13.6 Å². The van der Waals surface area contributed by atoms with Gasteiger partial charge in [-0.25, -0.2) is 18.6 Å². The number of pyridine rings is 1. The zero-order valence-corrected chi connectivity index (χ0v) is 13.2. The number of amides is 1. The fraction of sp³-hybridized carbons (Fsp3) is 0.222. The van der Waals surface area contributed by atoms with Gasteiger partial charge in [0.05, 0.1) is 13.1 Å². The highest BCUT2D eigenvalue weighted by Crippen LogP contribution is 2.29. The molecular weight excluding hydrogens is 326 g/mol. The number of carbonyl (C=O) groups is 1. The molecule has 7 heteroatoms. The molecule has 0 atom stereocenters. The van der Waals surface area contributed by atoms with Crippen LogP contribution in [0.3, 0.4) is 0 Å². The summed E-state index contributed by atoms with van der Waals surface area (Å²) in [6.07, 6.45) is 3.12. The summed E-state index contributed by atoms with van der Waals surface area (Å²) in [7, 11) is 0. The number of hydrogen-bond donors (Lipinski definition) is 1. The van der Waals surface area contributed by atoms with Gasteiger partial charge in [-0.1, -0.05) is 18.2 Å². The molecule has 2 N–H and O–H groups in total. The molecule has 1 amide bonds. The van der Waals surface area contributed by atoms with Crippen LogP contribution in [0.25, 0.3) is 22.2 Å². The Morgan fingerprint density at radius 3 is 2.80 bits per heavy atom. The minimum Gasteiger partial charge on any atom is -0.351 e. The number of nitrogens with two attached hydrogens (primary N) is 1. The van der Waals surface area contributed by atoms with Gasteiger partial charge in [-0.2, -0.15) is 0 Å². The summed E-state index contributed by atoms with van der Waals surface area (Å²) in [5.41, 5.74) is 8.49. The second-order valence-corrected chi connectivity index (χ2v) is 6.28. The van der Waals surface area contributed by atoms with Crippen LogP contribution in [0.2, 0.25) is 0 Å². The molecule has 1 aliphatic heterocycles. The molecule has 1 aliphatic rings. The summed E-state index contributed by atoms with van der Waals surface area (Å²) in [6.45, 7) is 0.101. The maximum Gasteiger partial charge on any atom is 0.324 e. The maximum absolute atomic E-state index is 13.0. The molecule has 1 fully saturated rings. The number of halogens is 2. The molecule has 0 aliphatic carbocycles. The van der Waals surface area contributed by atoms with E-state index < -0.39 is 12.0 Å². The summed E-state index contributed by atoms with van der Waals surface area (Å²) < 4.78 is 27.1. The van der Waals surface area contributed by atoms with Gasteiger partial charge >= 0.3 is 6.03 Å². The van der Waals surface area contributed by atoms with Crippen LogP contribution in [-0.2, 0) is 6.54 Å². The summed E-state index contributed by atoms with van der Waals surface area (Å²) in [4.78, 5) is 17.3. The number of fused-ring (bicyclic) bond motifs is 1. The highest BCUT2D eigenvalue weighted by atomic mass is 19.3. The quantitative estimate of drug-likeness (QED) is 0.797. The molecule has 0 bridgehead atoms. The third-order valence-corrected chi connectivity index (χ3v) is 4.26. The first-order chi connectivity index (χ1) is 11.9. The summed E-state index contributed by atoms with van der Waals surface area (Å²) in [5, 5.41) is 0.684. The Morgan fingerprint density at radius 1 is 1.28 bits per heavy atom. The lowest BCUT2D eigenvalue weighted by molar-refractivity contribution is -0.133. The third-order valence-electron chi connectivity index (χ3n) is 4.26. The Kier molecular flexibility index (Phi) is 3.54. The second kappa shape index (κ2) is 5.63. The van der Waals surface area contributed by atoms with Crippen molar-refractivity contribution in [3.05, 3.63) is 54.4 Å². The largest absolute Gasteiger partial charge is 0.351 e. The summed E-state index contributed by atoms with van der Waals surface area (Å²) >= 11 is 0. The molecule has 2 aromatic heterocycles. The predicted octanol–water partition coefficient (Wildman–Crippen LogP) is 2.88. The number of alkyl halides is 2. The van der Waals surface area contributed by atoms with E-state index in [0.29, 0.717) is 17.6 Å². The Morgan fingerprint density at radius 2 is 2.08 bits per heavy atom. The van der Waals surface area contributed by atoms with Gasteiger partial charge in [0, 0.05) is 36.0 Å². The topological polar surface area (TPSA) is 64.2 Å². The van der Waals surface area contributed by atoms with Crippen molar-refractivity contribution in [3.8, 4) is 11.1 Å². The highest BCUT2D eigenvalue weighted by molar-refractivity contribution is 5.90. The molecule has 1 saturated heterocycles. The number of hydrogen-bond acceptors (Lipinski definition) is 3. The molecule has 1 aromatic carbocycles. The van der Waals surface area contributed by atoms with Crippen molar-refractivity contribution in [1.82, 2.24) is 14.5 Å². The zero-order valence-electron chi connectivity index (χ0n) is 13.2. The van der Waals surface area contributed by atoms with Crippen molar-refractivity contribution in [2.75, 3.05) is 13.1 Å². The van der Waals surface area contributed by atoms with E-state index in [9.17, 15) is 13.6 Å². The SMILES string of the molecule is NC(=O)n1c[c]c2cc(-c3cccc(CN4CC(F)(F)C4)c3)cnc21. The second-order valence-electron chi connectivity index (χ2n) is 6.28. The van der Waals surface area contributed by atoms with Gasteiger partial charge in [-0.05, 0) is 23.3 Å². The van der Waals surface area contributed by atoms with Crippen molar-refractivity contribution >= 4 is 17.1 Å². The number of aromatic nitrogens is 2. The number of benzene rings is 1. The van der Waals surface area contributed by atoms with E-state index >= 15 is 0 Å². The van der Waals surface area contributed by atoms with Crippen LogP contribution >= 0.6 is 0 Å². The molecule has 3 aromatic rings. The molecular formula is C18H15F2N4O. The van der Waals surface area contributed by atoms with E-state index in [-0.39, 0.29) is 13.1 Å². The van der Waals surface area contributed by atoms with Crippen molar-refractivity contribution < 1.29 is 13.6 Å². The van der Waals surface area contributed by atoms with Crippen LogP contribution < -0.4 is 5.73 Å². The summed E-state index contributed by atoms with van der Waals surface area (Å²) in [6, 6.07) is 11.9. The van der Waals surface area contributed by atoms with E-state index in [1.165, 1.54) is 10.8 Å². The smallest absolute Gasteiger partial charge is 0.324 e. The van der Waals surface area contributed by atoms with E-state index in [0.717, 1.165) is 16.7 Å². The average Bonchev–Trinajstić information content (AvgIpc) is 2.96. The Labute approximate surface area is 142 Å². The van der Waals surface area contributed by atoms with Gasteiger partial charge in [0.15, 0.2) is 0 Å². The molecule has 4 rings (SSSR count). The molecule has 3 heterocycles. The van der Waals surface area contributed by atoms with Crippen molar-refractivity contribution in [2.45, 2.75) is 12.5 Å². The summed E-state index contributed by atoms with van der Waals surface area (Å²) in [5.74, 6) is -2.56. The van der Waals surface area contributed by atoms with Gasteiger partial charge in [0.2, 0.25) is 0 Å². The van der Waals surface area contributed by atoms with Crippen molar-refractivity contribution in [3.63, 3.8) is 0 Å². The third kappa shape index (κ3) is 2.98. The molecule has 0 spiro atoms. The highest BCUT2D eigenvalue weighted by Gasteiger charge is 2.43.